The van der Waals surface area contributed by atoms with E-state index in [1.165, 1.54) is 23.1 Å². The van der Waals surface area contributed by atoms with E-state index in [1.807, 2.05) is 5.32 Å². The molecule has 2 amide bonds. The molecule has 28 heavy (non-hydrogen) atoms. The first-order valence-electron chi connectivity index (χ1n) is 7.88. The predicted molar refractivity (Wildman–Crippen MR) is 98.3 cm³/mol. The SMILES string of the molecule is NCCn1cc(NC(=O)c2nc(-c3c(F)cccc3F)sc2NC(=O)O)cn1. The number of aromatic nitrogens is 3. The second-order valence-electron chi connectivity index (χ2n) is 5.46. The second kappa shape index (κ2) is 8.10. The molecule has 0 saturated heterocycles. The van der Waals surface area contributed by atoms with Crippen molar-refractivity contribution in [1.29, 1.82) is 0 Å². The van der Waals surface area contributed by atoms with E-state index in [2.05, 4.69) is 15.4 Å². The van der Waals surface area contributed by atoms with Crippen molar-refractivity contribution >= 4 is 34.0 Å². The summed E-state index contributed by atoms with van der Waals surface area (Å²) in [6.45, 7) is 0.792. The Morgan fingerprint density at radius 3 is 2.61 bits per heavy atom. The standard InChI is InChI=1S/C16H14F2N6O3S/c17-9-2-1-3-10(18)11(9)14-22-12(15(28-14)23-16(26)27)13(25)21-8-6-20-24(7-8)5-4-19/h1-3,6-7,23H,4-5,19H2,(H,21,25)(H,26,27). The number of nitrogens with zero attached hydrogens (tertiary/aromatic N) is 3. The third-order valence-corrected chi connectivity index (χ3v) is 4.48. The van der Waals surface area contributed by atoms with Gasteiger partial charge in [-0.2, -0.15) is 5.10 Å². The fourth-order valence-electron chi connectivity index (χ4n) is 2.34. The number of carbonyl (C=O) groups excluding carboxylic acids is 1. The summed E-state index contributed by atoms with van der Waals surface area (Å²) >= 11 is 0.640. The summed E-state index contributed by atoms with van der Waals surface area (Å²) in [5, 5.41) is 17.2. The van der Waals surface area contributed by atoms with Gasteiger partial charge in [-0.1, -0.05) is 17.4 Å². The number of amides is 2. The summed E-state index contributed by atoms with van der Waals surface area (Å²) in [5.41, 5.74) is 4.98. The summed E-state index contributed by atoms with van der Waals surface area (Å²) in [4.78, 5) is 27.5. The molecule has 0 saturated carbocycles. The molecular weight excluding hydrogens is 394 g/mol. The average Bonchev–Trinajstić information content (AvgIpc) is 3.22. The van der Waals surface area contributed by atoms with Crippen molar-refractivity contribution in [3.63, 3.8) is 0 Å². The summed E-state index contributed by atoms with van der Waals surface area (Å²) in [7, 11) is 0. The third-order valence-electron chi connectivity index (χ3n) is 3.49. The van der Waals surface area contributed by atoms with E-state index in [0.717, 1.165) is 12.1 Å². The van der Waals surface area contributed by atoms with Crippen LogP contribution in [0.1, 0.15) is 10.5 Å². The van der Waals surface area contributed by atoms with Crippen molar-refractivity contribution in [1.82, 2.24) is 14.8 Å². The van der Waals surface area contributed by atoms with Crippen LogP contribution >= 0.6 is 11.3 Å². The number of carbonyl (C=O) groups is 2. The van der Waals surface area contributed by atoms with Gasteiger partial charge < -0.3 is 16.2 Å². The highest BCUT2D eigenvalue weighted by molar-refractivity contribution is 7.19. The number of hydrogen-bond acceptors (Lipinski definition) is 6. The first-order valence-corrected chi connectivity index (χ1v) is 8.69. The zero-order valence-electron chi connectivity index (χ0n) is 14.1. The Kier molecular flexibility index (Phi) is 5.61. The van der Waals surface area contributed by atoms with Crippen molar-refractivity contribution in [2.75, 3.05) is 17.2 Å². The van der Waals surface area contributed by atoms with Crippen LogP contribution in [0.5, 0.6) is 0 Å². The van der Waals surface area contributed by atoms with Gasteiger partial charge in [0.05, 0.1) is 24.0 Å². The lowest BCUT2D eigenvalue weighted by atomic mass is 10.2. The molecule has 0 aliphatic carbocycles. The van der Waals surface area contributed by atoms with Crippen LogP contribution in [-0.4, -0.2) is 38.4 Å². The largest absolute Gasteiger partial charge is 0.465 e. The van der Waals surface area contributed by atoms with Crippen LogP contribution in [-0.2, 0) is 6.54 Å². The van der Waals surface area contributed by atoms with Crippen LogP contribution in [0, 0.1) is 11.6 Å². The molecule has 12 heteroatoms. The fourth-order valence-corrected chi connectivity index (χ4v) is 3.34. The van der Waals surface area contributed by atoms with E-state index in [0.29, 0.717) is 30.1 Å². The normalized spacial score (nSPS) is 10.7. The first kappa shape index (κ1) is 19.4. The molecule has 146 valence electrons. The lowest BCUT2D eigenvalue weighted by molar-refractivity contribution is 0.102. The molecule has 3 rings (SSSR count). The third kappa shape index (κ3) is 4.13. The molecule has 0 radical (unpaired) electrons. The molecule has 0 bridgehead atoms. The number of thiazole rings is 1. The number of carboxylic acid groups (broad SMARTS) is 1. The maximum Gasteiger partial charge on any atom is 0.409 e. The zero-order valence-corrected chi connectivity index (χ0v) is 15.0. The summed E-state index contributed by atoms with van der Waals surface area (Å²) in [6, 6.07) is 3.26. The number of halogens is 2. The first-order chi connectivity index (χ1) is 13.4. The second-order valence-corrected chi connectivity index (χ2v) is 6.46. The van der Waals surface area contributed by atoms with Crippen LogP contribution < -0.4 is 16.4 Å². The van der Waals surface area contributed by atoms with Gasteiger partial charge in [0.2, 0.25) is 0 Å². The van der Waals surface area contributed by atoms with Crippen LogP contribution in [0.2, 0.25) is 0 Å². The highest BCUT2D eigenvalue weighted by Gasteiger charge is 2.24. The molecule has 0 spiro atoms. The van der Waals surface area contributed by atoms with Gasteiger partial charge >= 0.3 is 6.09 Å². The number of rotatable bonds is 6. The van der Waals surface area contributed by atoms with Crippen molar-refractivity contribution in [3.8, 4) is 10.6 Å². The van der Waals surface area contributed by atoms with Gasteiger partial charge in [0.25, 0.3) is 5.91 Å². The van der Waals surface area contributed by atoms with Gasteiger partial charge in [-0.15, -0.1) is 0 Å². The number of anilines is 2. The van der Waals surface area contributed by atoms with E-state index >= 15 is 0 Å². The monoisotopic (exact) mass is 408 g/mol. The van der Waals surface area contributed by atoms with Crippen LogP contribution in [0.25, 0.3) is 10.6 Å². The molecule has 0 unspecified atom stereocenters. The Labute approximate surface area is 160 Å². The Bertz CT molecular complexity index is 1020. The van der Waals surface area contributed by atoms with Gasteiger partial charge in [-0.25, -0.2) is 18.6 Å². The van der Waals surface area contributed by atoms with Crippen LogP contribution in [0.15, 0.2) is 30.6 Å². The number of benzene rings is 1. The van der Waals surface area contributed by atoms with Gasteiger partial charge in [0.1, 0.15) is 21.6 Å². The van der Waals surface area contributed by atoms with Crippen molar-refractivity contribution < 1.29 is 23.5 Å². The highest BCUT2D eigenvalue weighted by Crippen LogP contribution is 2.35. The van der Waals surface area contributed by atoms with Crippen molar-refractivity contribution in [2.24, 2.45) is 5.73 Å². The Morgan fingerprint density at radius 1 is 1.25 bits per heavy atom. The maximum atomic E-state index is 14.0. The minimum Gasteiger partial charge on any atom is -0.465 e. The average molecular weight is 408 g/mol. The van der Waals surface area contributed by atoms with Crippen LogP contribution in [0.3, 0.4) is 0 Å². The highest BCUT2D eigenvalue weighted by atomic mass is 32.1. The molecule has 9 nitrogen and oxygen atoms in total. The summed E-state index contributed by atoms with van der Waals surface area (Å²) in [6.07, 6.45) is 1.45. The molecular formula is C16H14F2N6O3S. The molecule has 2 heterocycles. The van der Waals surface area contributed by atoms with E-state index in [9.17, 15) is 18.4 Å². The van der Waals surface area contributed by atoms with Gasteiger partial charge in [-0.3, -0.25) is 14.8 Å². The topological polar surface area (TPSA) is 135 Å². The van der Waals surface area contributed by atoms with E-state index in [4.69, 9.17) is 10.8 Å². The lowest BCUT2D eigenvalue weighted by Gasteiger charge is -2.02. The quantitative estimate of drug-likeness (QED) is 0.495. The molecule has 0 aliphatic heterocycles. The van der Waals surface area contributed by atoms with Crippen LogP contribution in [0.4, 0.5) is 24.3 Å². The smallest absolute Gasteiger partial charge is 0.409 e. The summed E-state index contributed by atoms with van der Waals surface area (Å²) in [5.74, 6) is -2.54. The molecule has 3 aromatic rings. The number of nitrogens with two attached hydrogens (primary N) is 1. The van der Waals surface area contributed by atoms with Gasteiger partial charge in [-0.05, 0) is 12.1 Å². The maximum absolute atomic E-state index is 14.0. The Morgan fingerprint density at radius 2 is 1.96 bits per heavy atom. The summed E-state index contributed by atoms with van der Waals surface area (Å²) < 4.78 is 29.6. The molecule has 0 atom stereocenters. The van der Waals surface area contributed by atoms with Crippen molar-refractivity contribution in [3.05, 3.63) is 47.9 Å². The number of nitrogens with one attached hydrogen (secondary N) is 2. The minimum atomic E-state index is -1.45. The van der Waals surface area contributed by atoms with E-state index in [1.54, 1.807) is 0 Å². The minimum absolute atomic E-state index is 0.169. The van der Waals surface area contributed by atoms with Crippen molar-refractivity contribution in [2.45, 2.75) is 6.54 Å². The van der Waals surface area contributed by atoms with E-state index in [-0.39, 0.29) is 15.7 Å². The van der Waals surface area contributed by atoms with Gasteiger partial charge in [0.15, 0.2) is 5.69 Å². The molecule has 1 aromatic carbocycles. The zero-order chi connectivity index (χ0) is 20.3. The lowest BCUT2D eigenvalue weighted by Crippen LogP contribution is -2.16. The predicted octanol–water partition coefficient (Wildman–Crippen LogP) is 2.59. The fraction of sp³-hybridized carbons (Fsp3) is 0.125. The molecule has 2 aromatic heterocycles. The Balaban J connectivity index is 1.95. The van der Waals surface area contributed by atoms with Gasteiger partial charge in [0, 0.05) is 12.7 Å². The number of hydrogen-bond donors (Lipinski definition) is 4. The van der Waals surface area contributed by atoms with E-state index < -0.39 is 29.2 Å². The molecule has 5 N–H and O–H groups in total. The molecule has 0 fully saturated rings. The molecule has 0 aliphatic rings. The Hall–Kier alpha value is -3.38.